The molecule has 12 heteroatoms. The molecule has 1 N–H and O–H groups in total. The summed E-state index contributed by atoms with van der Waals surface area (Å²) in [6, 6.07) is 4.09. The molecule has 0 spiro atoms. The molecular weight excluding hydrogens is 404 g/mol. The second kappa shape index (κ2) is 8.76. The van der Waals surface area contributed by atoms with Crippen LogP contribution in [0.3, 0.4) is 0 Å². The van der Waals surface area contributed by atoms with E-state index in [1.807, 2.05) is 0 Å². The van der Waals surface area contributed by atoms with Crippen molar-refractivity contribution >= 4 is 33.4 Å². The summed E-state index contributed by atoms with van der Waals surface area (Å²) in [5.41, 5.74) is 0.397. The van der Waals surface area contributed by atoms with E-state index in [4.69, 9.17) is 9.15 Å². The van der Waals surface area contributed by atoms with Crippen molar-refractivity contribution in [3.8, 4) is 0 Å². The topological polar surface area (TPSA) is 131 Å². The van der Waals surface area contributed by atoms with Gasteiger partial charge in [0.25, 0.3) is 0 Å². The molecule has 1 fully saturated rings. The minimum absolute atomic E-state index is 0.0185. The average molecular weight is 426 g/mol. The van der Waals surface area contributed by atoms with Crippen molar-refractivity contribution in [1.82, 2.24) is 19.1 Å². The Bertz CT molecular complexity index is 1050. The highest BCUT2D eigenvalue weighted by Crippen LogP contribution is 2.22. The summed E-state index contributed by atoms with van der Waals surface area (Å²) in [5.74, 6) is -1.15. The monoisotopic (exact) mass is 426 g/mol. The lowest BCUT2D eigenvalue weighted by Crippen LogP contribution is -2.47. The zero-order chi connectivity index (χ0) is 21.0. The molecule has 2 amide bonds. The number of hydrogen-bond donors (Lipinski definition) is 1. The Labute approximate surface area is 166 Å². The highest BCUT2D eigenvalue weighted by atomic mass is 32.2. The minimum Gasteiger partial charge on any atom is -0.408 e. The smallest absolute Gasteiger partial charge is 0.408 e. The first-order valence-corrected chi connectivity index (χ1v) is 10.4. The molecule has 1 saturated heterocycles. The summed E-state index contributed by atoms with van der Waals surface area (Å²) in [4.78, 5) is 36.4. The van der Waals surface area contributed by atoms with Gasteiger partial charge in [-0.05, 0) is 12.1 Å². The van der Waals surface area contributed by atoms with Gasteiger partial charge in [0, 0.05) is 45.9 Å². The van der Waals surface area contributed by atoms with E-state index in [1.54, 1.807) is 0 Å². The standard InChI is InChI=1S/C17H22N4O7S/c1-27-9-4-18-16(23)11-21-14-3-2-13(10-15(14)28-17(21)24)29(25,26)20-7-5-19(12-22)6-8-20/h2-3,10,12H,4-9,11H2,1H3,(H,18,23). The first kappa shape index (κ1) is 21.0. The molecule has 2 heterocycles. The number of fused-ring (bicyclic) bond motifs is 1. The fourth-order valence-corrected chi connectivity index (χ4v) is 4.49. The Kier molecular flexibility index (Phi) is 6.35. The molecule has 0 radical (unpaired) electrons. The van der Waals surface area contributed by atoms with Gasteiger partial charge in [-0.1, -0.05) is 0 Å². The first-order chi connectivity index (χ1) is 13.9. The Morgan fingerprint density at radius 2 is 2.00 bits per heavy atom. The van der Waals surface area contributed by atoms with Crippen molar-refractivity contribution in [2.75, 3.05) is 46.4 Å². The second-order valence-electron chi connectivity index (χ2n) is 6.47. The maximum absolute atomic E-state index is 12.9. The quantitative estimate of drug-likeness (QED) is 0.415. The molecule has 11 nitrogen and oxygen atoms in total. The summed E-state index contributed by atoms with van der Waals surface area (Å²) in [6.45, 7) is 1.39. The van der Waals surface area contributed by atoms with Gasteiger partial charge in [0.1, 0.15) is 6.54 Å². The molecule has 3 rings (SSSR count). The van der Waals surface area contributed by atoms with Gasteiger partial charge in [0.05, 0.1) is 17.0 Å². The molecule has 158 valence electrons. The summed E-state index contributed by atoms with van der Waals surface area (Å²) in [6.07, 6.45) is 0.693. The number of rotatable bonds is 8. The molecular formula is C17H22N4O7S. The maximum atomic E-state index is 12.9. The summed E-state index contributed by atoms with van der Waals surface area (Å²) >= 11 is 0. The van der Waals surface area contributed by atoms with E-state index in [9.17, 15) is 22.8 Å². The van der Waals surface area contributed by atoms with Crippen LogP contribution in [0, 0.1) is 0 Å². The van der Waals surface area contributed by atoms with E-state index in [2.05, 4.69) is 5.32 Å². The highest BCUT2D eigenvalue weighted by molar-refractivity contribution is 7.89. The average Bonchev–Trinajstić information content (AvgIpc) is 3.02. The normalized spacial score (nSPS) is 15.6. The first-order valence-electron chi connectivity index (χ1n) is 8.95. The lowest BCUT2D eigenvalue weighted by atomic mass is 10.3. The summed E-state index contributed by atoms with van der Waals surface area (Å²) < 4.78 is 38.1. The number of hydrogen-bond acceptors (Lipinski definition) is 7. The van der Waals surface area contributed by atoms with E-state index >= 15 is 0 Å². The molecule has 1 aromatic heterocycles. The zero-order valence-electron chi connectivity index (χ0n) is 15.9. The molecule has 0 bridgehead atoms. The van der Waals surface area contributed by atoms with Crippen molar-refractivity contribution in [3.63, 3.8) is 0 Å². The third-order valence-electron chi connectivity index (χ3n) is 4.63. The molecule has 0 saturated carbocycles. The molecule has 0 unspecified atom stereocenters. The Morgan fingerprint density at radius 1 is 1.28 bits per heavy atom. The van der Waals surface area contributed by atoms with E-state index in [0.717, 1.165) is 4.57 Å². The van der Waals surface area contributed by atoms with Crippen molar-refractivity contribution in [1.29, 1.82) is 0 Å². The molecule has 2 aromatic rings. The lowest BCUT2D eigenvalue weighted by molar-refractivity contribution is -0.122. The number of methoxy groups -OCH3 is 1. The zero-order valence-corrected chi connectivity index (χ0v) is 16.7. The molecule has 29 heavy (non-hydrogen) atoms. The number of piperazine rings is 1. The van der Waals surface area contributed by atoms with Gasteiger partial charge < -0.3 is 19.4 Å². The Hall–Kier alpha value is -2.70. The number of nitrogens with zero attached hydrogens (tertiary/aromatic N) is 3. The number of sulfonamides is 1. The summed E-state index contributed by atoms with van der Waals surface area (Å²) in [5, 5.41) is 2.60. The third-order valence-corrected chi connectivity index (χ3v) is 6.52. The van der Waals surface area contributed by atoms with Crippen LogP contribution in [0.1, 0.15) is 0 Å². The number of aromatic nitrogens is 1. The number of amides is 2. The fourth-order valence-electron chi connectivity index (χ4n) is 3.05. The minimum atomic E-state index is -3.80. The van der Waals surface area contributed by atoms with Gasteiger partial charge in [-0.25, -0.2) is 13.2 Å². The highest BCUT2D eigenvalue weighted by Gasteiger charge is 2.29. The molecule has 1 aliphatic rings. The van der Waals surface area contributed by atoms with Gasteiger partial charge >= 0.3 is 5.76 Å². The molecule has 0 atom stereocenters. The van der Waals surface area contributed by atoms with E-state index < -0.39 is 21.7 Å². The van der Waals surface area contributed by atoms with Crippen LogP contribution in [-0.4, -0.2) is 80.9 Å². The van der Waals surface area contributed by atoms with Crippen LogP contribution in [-0.2, 0) is 30.9 Å². The SMILES string of the molecule is COCCNC(=O)Cn1c(=O)oc2cc(S(=O)(=O)N3CCN(C=O)CC3)ccc21. The third kappa shape index (κ3) is 4.49. The summed E-state index contributed by atoms with van der Waals surface area (Å²) in [7, 11) is -2.29. The molecule has 0 aliphatic carbocycles. The predicted octanol–water partition coefficient (Wildman–Crippen LogP) is -1.18. The molecule has 1 aliphatic heterocycles. The maximum Gasteiger partial charge on any atom is 0.420 e. The molecule has 1 aromatic carbocycles. The van der Waals surface area contributed by atoms with Crippen LogP contribution in [0.5, 0.6) is 0 Å². The van der Waals surface area contributed by atoms with E-state index in [0.29, 0.717) is 38.2 Å². The van der Waals surface area contributed by atoms with Crippen molar-refractivity contribution in [2.45, 2.75) is 11.4 Å². The number of oxazole rings is 1. The van der Waals surface area contributed by atoms with Gasteiger partial charge in [0.15, 0.2) is 5.58 Å². The number of nitrogens with one attached hydrogen (secondary N) is 1. The Morgan fingerprint density at radius 3 is 2.66 bits per heavy atom. The number of ether oxygens (including phenoxy) is 1. The fraction of sp³-hybridized carbons (Fsp3) is 0.471. The van der Waals surface area contributed by atoms with Crippen molar-refractivity contribution in [3.05, 3.63) is 28.7 Å². The van der Waals surface area contributed by atoms with Crippen LogP contribution in [0.4, 0.5) is 0 Å². The van der Waals surface area contributed by atoms with Crippen LogP contribution < -0.4 is 11.1 Å². The number of carbonyl (C=O) groups excluding carboxylic acids is 2. The second-order valence-corrected chi connectivity index (χ2v) is 8.41. The Balaban J connectivity index is 1.81. The van der Waals surface area contributed by atoms with E-state index in [1.165, 1.54) is 34.5 Å². The van der Waals surface area contributed by atoms with Crippen molar-refractivity contribution < 1.29 is 27.2 Å². The van der Waals surface area contributed by atoms with Gasteiger partial charge in [0.2, 0.25) is 22.3 Å². The van der Waals surface area contributed by atoms with Gasteiger partial charge in [-0.3, -0.25) is 14.2 Å². The van der Waals surface area contributed by atoms with Crippen LogP contribution in [0.2, 0.25) is 0 Å². The predicted molar refractivity (Wildman–Crippen MR) is 102 cm³/mol. The van der Waals surface area contributed by atoms with Crippen LogP contribution in [0.25, 0.3) is 11.1 Å². The van der Waals surface area contributed by atoms with Crippen LogP contribution in [0.15, 0.2) is 32.3 Å². The lowest BCUT2D eigenvalue weighted by Gasteiger charge is -2.31. The largest absolute Gasteiger partial charge is 0.420 e. The van der Waals surface area contributed by atoms with Gasteiger partial charge in [-0.2, -0.15) is 4.31 Å². The van der Waals surface area contributed by atoms with Crippen LogP contribution >= 0.6 is 0 Å². The van der Waals surface area contributed by atoms with Crippen molar-refractivity contribution in [2.24, 2.45) is 0 Å². The number of benzene rings is 1. The van der Waals surface area contributed by atoms with E-state index in [-0.39, 0.29) is 30.1 Å². The van der Waals surface area contributed by atoms with Gasteiger partial charge in [-0.15, -0.1) is 0 Å². The number of carbonyl (C=O) groups is 2.